The molecule has 0 heterocycles. The summed E-state index contributed by atoms with van der Waals surface area (Å²) in [5.74, 6) is -0.0267. The van der Waals surface area contributed by atoms with Crippen molar-refractivity contribution in [3.8, 4) is 0 Å². The first-order valence-corrected chi connectivity index (χ1v) is 7.63. The average Bonchev–Trinajstić information content (AvgIpc) is 2.51. The summed E-state index contributed by atoms with van der Waals surface area (Å²) in [4.78, 5) is 25.6. The van der Waals surface area contributed by atoms with Gasteiger partial charge >= 0.3 is 0 Å². The Balaban J connectivity index is 2.27. The summed E-state index contributed by atoms with van der Waals surface area (Å²) in [7, 11) is 1.79. The van der Waals surface area contributed by atoms with Crippen molar-refractivity contribution in [2.75, 3.05) is 26.7 Å². The molecule has 2 amide bonds. The van der Waals surface area contributed by atoms with E-state index in [0.717, 1.165) is 0 Å². The molecule has 0 radical (unpaired) electrons. The molecular weight excluding hydrogens is 278 g/mol. The zero-order valence-corrected chi connectivity index (χ0v) is 13.8. The SMILES string of the molecule is CN(CC(C)(C)CN)C(=O)CCCNC(=O)c1ccccc1. The third-order valence-electron chi connectivity index (χ3n) is 3.53. The van der Waals surface area contributed by atoms with Crippen LogP contribution in [0.3, 0.4) is 0 Å². The van der Waals surface area contributed by atoms with Gasteiger partial charge in [-0.2, -0.15) is 0 Å². The second kappa shape index (κ2) is 8.54. The minimum atomic E-state index is -0.106. The number of nitrogens with zero attached hydrogens (tertiary/aromatic N) is 1. The molecule has 122 valence electrons. The van der Waals surface area contributed by atoms with Gasteiger partial charge in [0.15, 0.2) is 0 Å². The monoisotopic (exact) mass is 305 g/mol. The molecule has 0 spiro atoms. The Morgan fingerprint density at radius 1 is 1.23 bits per heavy atom. The van der Waals surface area contributed by atoms with E-state index in [1.807, 2.05) is 32.0 Å². The van der Waals surface area contributed by atoms with Gasteiger partial charge in [0.25, 0.3) is 5.91 Å². The molecule has 1 aromatic carbocycles. The van der Waals surface area contributed by atoms with Crippen molar-refractivity contribution >= 4 is 11.8 Å². The fourth-order valence-corrected chi connectivity index (χ4v) is 2.12. The molecule has 1 rings (SSSR count). The van der Waals surface area contributed by atoms with Gasteiger partial charge < -0.3 is 16.0 Å². The van der Waals surface area contributed by atoms with Gasteiger partial charge in [-0.05, 0) is 30.5 Å². The van der Waals surface area contributed by atoms with Gasteiger partial charge in [0, 0.05) is 32.1 Å². The summed E-state index contributed by atoms with van der Waals surface area (Å²) in [6.45, 7) is 5.75. The lowest BCUT2D eigenvalue weighted by atomic mass is 9.93. The standard InChI is InChI=1S/C17H27N3O2/c1-17(2,12-18)13-20(3)15(21)10-7-11-19-16(22)14-8-5-4-6-9-14/h4-6,8-9H,7,10-13,18H2,1-3H3,(H,19,22). The number of hydrogen-bond acceptors (Lipinski definition) is 3. The minimum Gasteiger partial charge on any atom is -0.352 e. The summed E-state index contributed by atoms with van der Waals surface area (Å²) in [5.41, 5.74) is 6.24. The lowest BCUT2D eigenvalue weighted by molar-refractivity contribution is -0.131. The molecule has 5 heteroatoms. The largest absolute Gasteiger partial charge is 0.352 e. The predicted molar refractivity (Wildman–Crippen MR) is 88.5 cm³/mol. The smallest absolute Gasteiger partial charge is 0.251 e. The Morgan fingerprint density at radius 3 is 2.45 bits per heavy atom. The highest BCUT2D eigenvalue weighted by Crippen LogP contribution is 2.14. The van der Waals surface area contributed by atoms with E-state index in [1.54, 1.807) is 24.1 Å². The van der Waals surface area contributed by atoms with Crippen LogP contribution in [0.4, 0.5) is 0 Å². The number of carbonyl (C=O) groups is 2. The van der Waals surface area contributed by atoms with Crippen molar-refractivity contribution in [2.24, 2.45) is 11.1 Å². The number of nitrogens with two attached hydrogens (primary N) is 1. The second-order valence-electron chi connectivity index (χ2n) is 6.34. The molecule has 0 atom stereocenters. The van der Waals surface area contributed by atoms with E-state index in [0.29, 0.717) is 38.0 Å². The number of carbonyl (C=O) groups excluding carboxylic acids is 2. The van der Waals surface area contributed by atoms with Crippen molar-refractivity contribution in [1.29, 1.82) is 0 Å². The first-order valence-electron chi connectivity index (χ1n) is 7.63. The van der Waals surface area contributed by atoms with Crippen LogP contribution in [0.15, 0.2) is 30.3 Å². The molecule has 0 saturated carbocycles. The van der Waals surface area contributed by atoms with E-state index in [1.165, 1.54) is 0 Å². The van der Waals surface area contributed by atoms with Crippen LogP contribution < -0.4 is 11.1 Å². The molecular formula is C17H27N3O2. The number of rotatable bonds is 8. The van der Waals surface area contributed by atoms with Gasteiger partial charge in [0.2, 0.25) is 5.91 Å². The van der Waals surface area contributed by atoms with Crippen LogP contribution in [0.5, 0.6) is 0 Å². The Bertz CT molecular complexity index is 486. The average molecular weight is 305 g/mol. The Labute approximate surface area is 132 Å². The maximum Gasteiger partial charge on any atom is 0.251 e. The quantitative estimate of drug-likeness (QED) is 0.717. The topological polar surface area (TPSA) is 75.4 Å². The van der Waals surface area contributed by atoms with Crippen LogP contribution in [-0.2, 0) is 4.79 Å². The normalized spacial score (nSPS) is 11.1. The van der Waals surface area contributed by atoms with E-state index >= 15 is 0 Å². The molecule has 3 N–H and O–H groups in total. The molecule has 0 aromatic heterocycles. The molecule has 0 aliphatic carbocycles. The molecule has 1 aromatic rings. The third-order valence-corrected chi connectivity index (χ3v) is 3.53. The Kier molecular flexibility index (Phi) is 7.05. The van der Waals surface area contributed by atoms with E-state index in [9.17, 15) is 9.59 Å². The number of nitrogens with one attached hydrogen (secondary N) is 1. The van der Waals surface area contributed by atoms with Crippen LogP contribution in [0.25, 0.3) is 0 Å². The molecule has 22 heavy (non-hydrogen) atoms. The van der Waals surface area contributed by atoms with E-state index in [-0.39, 0.29) is 17.2 Å². The van der Waals surface area contributed by atoms with Crippen molar-refractivity contribution < 1.29 is 9.59 Å². The lowest BCUT2D eigenvalue weighted by Gasteiger charge is -2.29. The van der Waals surface area contributed by atoms with Crippen molar-refractivity contribution in [3.63, 3.8) is 0 Å². The second-order valence-corrected chi connectivity index (χ2v) is 6.34. The first kappa shape index (κ1) is 18.2. The first-order chi connectivity index (χ1) is 10.4. The van der Waals surface area contributed by atoms with Crippen molar-refractivity contribution in [1.82, 2.24) is 10.2 Å². The fourth-order valence-electron chi connectivity index (χ4n) is 2.12. The van der Waals surface area contributed by atoms with Gasteiger partial charge in [-0.3, -0.25) is 9.59 Å². The van der Waals surface area contributed by atoms with Gasteiger partial charge in [-0.1, -0.05) is 32.0 Å². The number of benzene rings is 1. The predicted octanol–water partition coefficient (Wildman–Crippen LogP) is 1.64. The van der Waals surface area contributed by atoms with Crippen LogP contribution in [0.2, 0.25) is 0 Å². The molecule has 0 bridgehead atoms. The van der Waals surface area contributed by atoms with Crippen LogP contribution >= 0.6 is 0 Å². The number of hydrogen-bond donors (Lipinski definition) is 2. The van der Waals surface area contributed by atoms with Gasteiger partial charge in [-0.15, -0.1) is 0 Å². The molecule has 5 nitrogen and oxygen atoms in total. The van der Waals surface area contributed by atoms with E-state index in [2.05, 4.69) is 5.32 Å². The Hall–Kier alpha value is -1.88. The Morgan fingerprint density at radius 2 is 1.86 bits per heavy atom. The zero-order valence-electron chi connectivity index (χ0n) is 13.8. The minimum absolute atomic E-state index is 0.0774. The number of amides is 2. The molecule has 0 aliphatic heterocycles. The molecule has 0 unspecified atom stereocenters. The highest BCUT2D eigenvalue weighted by molar-refractivity contribution is 5.94. The summed E-state index contributed by atoms with van der Waals surface area (Å²) >= 11 is 0. The van der Waals surface area contributed by atoms with Crippen LogP contribution in [0.1, 0.15) is 37.0 Å². The highest BCUT2D eigenvalue weighted by Gasteiger charge is 2.20. The van der Waals surface area contributed by atoms with Crippen molar-refractivity contribution in [3.05, 3.63) is 35.9 Å². The molecule has 0 fully saturated rings. The summed E-state index contributed by atoms with van der Waals surface area (Å²) in [5, 5.41) is 2.82. The van der Waals surface area contributed by atoms with Crippen molar-refractivity contribution in [2.45, 2.75) is 26.7 Å². The van der Waals surface area contributed by atoms with Crippen LogP contribution in [-0.4, -0.2) is 43.4 Å². The lowest BCUT2D eigenvalue weighted by Crippen LogP contribution is -2.39. The zero-order chi connectivity index (χ0) is 16.6. The van der Waals surface area contributed by atoms with E-state index in [4.69, 9.17) is 5.73 Å². The third kappa shape index (κ3) is 6.26. The van der Waals surface area contributed by atoms with Gasteiger partial charge in [-0.25, -0.2) is 0 Å². The fraction of sp³-hybridized carbons (Fsp3) is 0.529. The summed E-state index contributed by atoms with van der Waals surface area (Å²) < 4.78 is 0. The molecule has 0 aliphatic rings. The van der Waals surface area contributed by atoms with E-state index < -0.39 is 0 Å². The highest BCUT2D eigenvalue weighted by atomic mass is 16.2. The molecule has 0 saturated heterocycles. The summed E-state index contributed by atoms with van der Waals surface area (Å²) in [6.07, 6.45) is 1.05. The van der Waals surface area contributed by atoms with Gasteiger partial charge in [0.1, 0.15) is 0 Å². The summed E-state index contributed by atoms with van der Waals surface area (Å²) in [6, 6.07) is 9.06. The maximum absolute atomic E-state index is 12.0. The van der Waals surface area contributed by atoms with Gasteiger partial charge in [0.05, 0.1) is 0 Å². The maximum atomic E-state index is 12.0. The van der Waals surface area contributed by atoms with Crippen LogP contribution in [0, 0.1) is 5.41 Å².